The lowest BCUT2D eigenvalue weighted by molar-refractivity contribution is -0.163. The van der Waals surface area contributed by atoms with Gasteiger partial charge in [0.25, 0.3) is 0 Å². The molecule has 4 heteroatoms. The van der Waals surface area contributed by atoms with Gasteiger partial charge in [0.15, 0.2) is 5.75 Å². The smallest absolute Gasteiger partial charge is 0.157 e. The first-order valence-corrected chi connectivity index (χ1v) is 8.01. The second kappa shape index (κ2) is 5.40. The molecule has 1 spiro atoms. The van der Waals surface area contributed by atoms with Gasteiger partial charge in [0.2, 0.25) is 0 Å². The Morgan fingerprint density at radius 3 is 2.55 bits per heavy atom. The third kappa shape index (κ3) is 2.34. The first kappa shape index (κ1) is 13.9. The molecule has 2 aliphatic rings. The van der Waals surface area contributed by atoms with E-state index in [-0.39, 0.29) is 17.6 Å². The molecule has 2 aliphatic carbocycles. The van der Waals surface area contributed by atoms with Gasteiger partial charge < -0.3 is 9.84 Å². The molecule has 1 aromatic rings. The van der Waals surface area contributed by atoms with Crippen molar-refractivity contribution in [3.8, 4) is 5.75 Å². The molecule has 1 N–H and O–H groups in total. The van der Waals surface area contributed by atoms with Crippen LogP contribution in [0.25, 0.3) is 0 Å². The highest BCUT2D eigenvalue weighted by molar-refractivity contribution is 5.16. The summed E-state index contributed by atoms with van der Waals surface area (Å²) in [5, 5.41) is 14.6. The third-order valence-corrected chi connectivity index (χ3v) is 5.16. The van der Waals surface area contributed by atoms with Crippen LogP contribution in [0.1, 0.15) is 64.8 Å². The van der Waals surface area contributed by atoms with Crippen molar-refractivity contribution >= 4 is 0 Å². The second-order valence-corrected chi connectivity index (χ2v) is 6.76. The Morgan fingerprint density at radius 1 is 1.30 bits per heavy atom. The number of rotatable bonds is 3. The van der Waals surface area contributed by atoms with Crippen LogP contribution in [0.3, 0.4) is 0 Å². The van der Waals surface area contributed by atoms with E-state index in [1.807, 2.05) is 10.9 Å². The Kier molecular flexibility index (Phi) is 3.76. The highest BCUT2D eigenvalue weighted by Crippen LogP contribution is 2.52. The molecule has 2 fully saturated rings. The SMILES string of the molecule is CC(C)n1cc(OC2CC(O)C23CCCCCC3)cn1. The van der Waals surface area contributed by atoms with E-state index in [9.17, 15) is 5.11 Å². The van der Waals surface area contributed by atoms with Crippen LogP contribution in [0.5, 0.6) is 5.75 Å². The Hall–Kier alpha value is -1.03. The highest BCUT2D eigenvalue weighted by atomic mass is 16.5. The zero-order valence-electron chi connectivity index (χ0n) is 12.6. The minimum absolute atomic E-state index is 0.0103. The lowest BCUT2D eigenvalue weighted by Crippen LogP contribution is -2.59. The van der Waals surface area contributed by atoms with E-state index in [1.54, 1.807) is 6.20 Å². The van der Waals surface area contributed by atoms with Crippen LogP contribution in [0, 0.1) is 5.41 Å². The van der Waals surface area contributed by atoms with E-state index in [0.29, 0.717) is 6.04 Å². The maximum absolute atomic E-state index is 10.3. The molecule has 0 aliphatic heterocycles. The number of aromatic nitrogens is 2. The van der Waals surface area contributed by atoms with E-state index in [4.69, 9.17) is 4.74 Å². The van der Waals surface area contributed by atoms with Gasteiger partial charge in [-0.05, 0) is 26.7 Å². The fraction of sp³-hybridized carbons (Fsp3) is 0.812. The van der Waals surface area contributed by atoms with Crippen LogP contribution in [0.2, 0.25) is 0 Å². The first-order chi connectivity index (χ1) is 9.62. The average Bonchev–Trinajstić information content (AvgIpc) is 2.73. The molecular weight excluding hydrogens is 252 g/mol. The van der Waals surface area contributed by atoms with Crippen molar-refractivity contribution in [3.63, 3.8) is 0 Å². The lowest BCUT2D eigenvalue weighted by atomic mass is 9.59. The van der Waals surface area contributed by atoms with Crippen molar-refractivity contribution in [3.05, 3.63) is 12.4 Å². The van der Waals surface area contributed by atoms with Gasteiger partial charge in [0.05, 0.1) is 18.5 Å². The number of hydrogen-bond acceptors (Lipinski definition) is 3. The monoisotopic (exact) mass is 278 g/mol. The predicted octanol–water partition coefficient (Wildman–Crippen LogP) is 3.32. The normalized spacial score (nSPS) is 29.2. The van der Waals surface area contributed by atoms with Gasteiger partial charge in [0.1, 0.15) is 6.10 Å². The van der Waals surface area contributed by atoms with Crippen LogP contribution in [0.15, 0.2) is 12.4 Å². The molecule has 0 saturated heterocycles. The van der Waals surface area contributed by atoms with Gasteiger partial charge in [0, 0.05) is 17.9 Å². The zero-order chi connectivity index (χ0) is 14.2. The maximum atomic E-state index is 10.3. The molecular formula is C16H26N2O2. The van der Waals surface area contributed by atoms with Crippen LogP contribution in [-0.4, -0.2) is 27.1 Å². The molecule has 0 amide bonds. The summed E-state index contributed by atoms with van der Waals surface area (Å²) in [6.07, 6.45) is 11.8. The number of ether oxygens (including phenoxy) is 1. The number of aliphatic hydroxyl groups excluding tert-OH is 1. The number of nitrogens with zero attached hydrogens (tertiary/aromatic N) is 2. The summed E-state index contributed by atoms with van der Waals surface area (Å²) >= 11 is 0. The largest absolute Gasteiger partial charge is 0.486 e. The molecule has 2 saturated carbocycles. The molecule has 2 atom stereocenters. The molecule has 0 aromatic carbocycles. The Balaban J connectivity index is 1.70. The van der Waals surface area contributed by atoms with E-state index in [1.165, 1.54) is 25.7 Å². The van der Waals surface area contributed by atoms with Crippen LogP contribution < -0.4 is 4.74 Å². The molecule has 112 valence electrons. The summed E-state index contributed by atoms with van der Waals surface area (Å²) in [4.78, 5) is 0. The van der Waals surface area contributed by atoms with Crippen molar-refractivity contribution < 1.29 is 9.84 Å². The van der Waals surface area contributed by atoms with Gasteiger partial charge >= 0.3 is 0 Å². The molecule has 4 nitrogen and oxygen atoms in total. The lowest BCUT2D eigenvalue weighted by Gasteiger charge is -2.52. The van der Waals surface area contributed by atoms with Crippen molar-refractivity contribution in [1.29, 1.82) is 0 Å². The Morgan fingerprint density at radius 2 is 2.00 bits per heavy atom. The average molecular weight is 278 g/mol. The van der Waals surface area contributed by atoms with E-state index >= 15 is 0 Å². The molecule has 1 aromatic heterocycles. The Bertz CT molecular complexity index is 447. The summed E-state index contributed by atoms with van der Waals surface area (Å²) in [5.41, 5.74) is 0.0103. The Labute approximate surface area is 121 Å². The molecule has 0 radical (unpaired) electrons. The fourth-order valence-electron chi connectivity index (χ4n) is 3.76. The minimum atomic E-state index is -0.175. The standard InChI is InChI=1S/C16H26N2O2/c1-12(2)18-11-13(10-17-18)20-15-9-14(19)16(15)7-5-3-4-6-8-16/h10-12,14-15,19H,3-9H2,1-2H3. The zero-order valence-corrected chi connectivity index (χ0v) is 12.6. The minimum Gasteiger partial charge on any atom is -0.486 e. The van der Waals surface area contributed by atoms with Crippen molar-refractivity contribution in [2.24, 2.45) is 5.41 Å². The summed E-state index contributed by atoms with van der Waals surface area (Å²) in [5.74, 6) is 0.847. The van der Waals surface area contributed by atoms with Gasteiger partial charge in [-0.2, -0.15) is 5.10 Å². The summed E-state index contributed by atoms with van der Waals surface area (Å²) in [6.45, 7) is 4.22. The predicted molar refractivity (Wildman–Crippen MR) is 77.8 cm³/mol. The highest BCUT2D eigenvalue weighted by Gasteiger charge is 2.55. The van der Waals surface area contributed by atoms with Crippen LogP contribution in [-0.2, 0) is 0 Å². The third-order valence-electron chi connectivity index (χ3n) is 5.16. The maximum Gasteiger partial charge on any atom is 0.157 e. The summed E-state index contributed by atoms with van der Waals surface area (Å²) < 4.78 is 8.08. The molecule has 3 rings (SSSR count). The van der Waals surface area contributed by atoms with E-state index in [0.717, 1.165) is 25.0 Å². The second-order valence-electron chi connectivity index (χ2n) is 6.76. The van der Waals surface area contributed by atoms with Crippen LogP contribution in [0.4, 0.5) is 0 Å². The molecule has 0 bridgehead atoms. The van der Waals surface area contributed by atoms with Crippen molar-refractivity contribution in [2.75, 3.05) is 0 Å². The summed E-state index contributed by atoms with van der Waals surface area (Å²) in [7, 11) is 0. The van der Waals surface area contributed by atoms with E-state index < -0.39 is 0 Å². The van der Waals surface area contributed by atoms with Gasteiger partial charge in [-0.3, -0.25) is 4.68 Å². The van der Waals surface area contributed by atoms with Gasteiger partial charge in [-0.15, -0.1) is 0 Å². The van der Waals surface area contributed by atoms with Gasteiger partial charge in [-0.1, -0.05) is 25.7 Å². The van der Waals surface area contributed by atoms with E-state index in [2.05, 4.69) is 18.9 Å². The van der Waals surface area contributed by atoms with Crippen molar-refractivity contribution in [2.45, 2.75) is 77.0 Å². The fourth-order valence-corrected chi connectivity index (χ4v) is 3.76. The number of hydrogen-bond donors (Lipinski definition) is 1. The quantitative estimate of drug-likeness (QED) is 0.922. The van der Waals surface area contributed by atoms with Crippen molar-refractivity contribution in [1.82, 2.24) is 9.78 Å². The van der Waals surface area contributed by atoms with Gasteiger partial charge in [-0.25, -0.2) is 0 Å². The number of aliphatic hydroxyl groups is 1. The van der Waals surface area contributed by atoms with Crippen LogP contribution >= 0.6 is 0 Å². The molecule has 20 heavy (non-hydrogen) atoms. The molecule has 1 heterocycles. The molecule has 2 unspecified atom stereocenters. The first-order valence-electron chi connectivity index (χ1n) is 8.01. The topological polar surface area (TPSA) is 47.3 Å². The summed E-state index contributed by atoms with van der Waals surface area (Å²) in [6, 6.07) is 0.353.